The lowest BCUT2D eigenvalue weighted by Gasteiger charge is -2.19. The molecule has 0 heterocycles. The molecule has 2 atom stereocenters. The van der Waals surface area contributed by atoms with Crippen molar-refractivity contribution in [2.45, 2.75) is 25.6 Å². The van der Waals surface area contributed by atoms with Crippen molar-refractivity contribution in [2.75, 3.05) is 13.7 Å². The summed E-state index contributed by atoms with van der Waals surface area (Å²) in [6, 6.07) is 1.47. The van der Waals surface area contributed by atoms with Crippen LogP contribution in [-0.2, 0) is 9.53 Å². The van der Waals surface area contributed by atoms with Crippen molar-refractivity contribution < 1.29 is 33.3 Å². The lowest BCUT2D eigenvalue weighted by Crippen LogP contribution is -2.23. The molecule has 0 amide bonds. The Balaban J connectivity index is 2.93. The Morgan fingerprint density at radius 1 is 1.30 bits per heavy atom. The van der Waals surface area contributed by atoms with Crippen LogP contribution in [0, 0.1) is 11.6 Å². The summed E-state index contributed by atoms with van der Waals surface area (Å²) in [7, 11) is 1.21. The second-order valence-electron chi connectivity index (χ2n) is 4.03. The van der Waals surface area contributed by atoms with E-state index in [9.17, 15) is 23.8 Å². The largest absolute Gasteiger partial charge is 0.496 e. The minimum Gasteiger partial charge on any atom is -0.496 e. The van der Waals surface area contributed by atoms with Crippen molar-refractivity contribution in [3.8, 4) is 5.75 Å². The molecular weight excluding hydrogens is 274 g/mol. The normalized spacial score (nSPS) is 13.7. The van der Waals surface area contributed by atoms with Crippen molar-refractivity contribution in [3.05, 3.63) is 29.3 Å². The molecule has 20 heavy (non-hydrogen) atoms. The number of rotatable bonds is 6. The summed E-state index contributed by atoms with van der Waals surface area (Å²) < 4.78 is 35.7. The zero-order chi connectivity index (χ0) is 15.3. The van der Waals surface area contributed by atoms with Gasteiger partial charge in [-0.05, 0) is 13.0 Å². The van der Waals surface area contributed by atoms with Gasteiger partial charge in [-0.1, -0.05) is 0 Å². The molecule has 0 radical (unpaired) electrons. The average molecular weight is 290 g/mol. The Labute approximate surface area is 114 Å². The number of methoxy groups -OCH3 is 1. The van der Waals surface area contributed by atoms with E-state index in [1.807, 2.05) is 0 Å². The van der Waals surface area contributed by atoms with Crippen LogP contribution in [0.5, 0.6) is 5.75 Å². The van der Waals surface area contributed by atoms with Gasteiger partial charge in [0.2, 0.25) is 0 Å². The number of esters is 1. The number of carbonyl (C=O) groups excluding carboxylic acids is 1. The second kappa shape index (κ2) is 7.16. The van der Waals surface area contributed by atoms with E-state index in [2.05, 4.69) is 4.74 Å². The summed E-state index contributed by atoms with van der Waals surface area (Å²) in [6.07, 6.45) is -3.60. The van der Waals surface area contributed by atoms with Crippen LogP contribution in [0.3, 0.4) is 0 Å². The van der Waals surface area contributed by atoms with E-state index in [-0.39, 0.29) is 17.9 Å². The molecule has 7 heteroatoms. The maximum Gasteiger partial charge on any atom is 0.308 e. The zero-order valence-corrected chi connectivity index (χ0v) is 11.1. The molecular formula is C13H16F2O5. The molecule has 112 valence electrons. The molecule has 0 bridgehead atoms. The van der Waals surface area contributed by atoms with Gasteiger partial charge < -0.3 is 19.7 Å². The van der Waals surface area contributed by atoms with Gasteiger partial charge in [0.05, 0.1) is 26.2 Å². The van der Waals surface area contributed by atoms with Crippen molar-refractivity contribution >= 4 is 5.97 Å². The fraction of sp³-hybridized carbons (Fsp3) is 0.462. The van der Waals surface area contributed by atoms with Crippen LogP contribution in [-0.4, -0.2) is 36.0 Å². The van der Waals surface area contributed by atoms with Gasteiger partial charge in [-0.25, -0.2) is 8.78 Å². The second-order valence-corrected chi connectivity index (χ2v) is 4.03. The summed E-state index contributed by atoms with van der Waals surface area (Å²) in [5.74, 6) is -3.17. The molecule has 1 aromatic rings. The molecule has 0 fully saturated rings. The number of ether oxygens (including phenoxy) is 2. The minimum atomic E-state index is -1.61. The standard InChI is InChI=1S/C13H16F2O5/c1-3-20-12(17)6-10(16)13(18)7-4-8(14)9(15)5-11(7)19-2/h4-5,10,13,16,18H,3,6H2,1-2H3. The van der Waals surface area contributed by atoms with Crippen molar-refractivity contribution in [1.29, 1.82) is 0 Å². The first-order valence-corrected chi connectivity index (χ1v) is 5.95. The molecule has 0 aliphatic heterocycles. The van der Waals surface area contributed by atoms with Gasteiger partial charge in [-0.3, -0.25) is 4.79 Å². The highest BCUT2D eigenvalue weighted by molar-refractivity contribution is 5.70. The fourth-order valence-corrected chi connectivity index (χ4v) is 1.66. The van der Waals surface area contributed by atoms with E-state index in [1.54, 1.807) is 6.92 Å². The number of halogens is 2. The quantitative estimate of drug-likeness (QED) is 0.773. The highest BCUT2D eigenvalue weighted by Gasteiger charge is 2.26. The maximum atomic E-state index is 13.2. The molecule has 0 aliphatic rings. The highest BCUT2D eigenvalue weighted by atomic mass is 19.2. The monoisotopic (exact) mass is 290 g/mol. The summed E-state index contributed by atoms with van der Waals surface area (Å²) in [4.78, 5) is 11.2. The van der Waals surface area contributed by atoms with Gasteiger partial charge in [-0.15, -0.1) is 0 Å². The topological polar surface area (TPSA) is 76.0 Å². The smallest absolute Gasteiger partial charge is 0.308 e. The Kier molecular flexibility index (Phi) is 5.84. The average Bonchev–Trinajstić information content (AvgIpc) is 2.40. The first-order valence-electron chi connectivity index (χ1n) is 5.95. The molecule has 2 unspecified atom stereocenters. The number of carbonyl (C=O) groups is 1. The molecule has 5 nitrogen and oxygen atoms in total. The van der Waals surface area contributed by atoms with Crippen LogP contribution in [0.2, 0.25) is 0 Å². The fourth-order valence-electron chi connectivity index (χ4n) is 1.66. The number of aliphatic hydroxyl groups is 2. The molecule has 0 saturated heterocycles. The number of hydrogen-bond acceptors (Lipinski definition) is 5. The maximum absolute atomic E-state index is 13.2. The number of benzene rings is 1. The molecule has 0 spiro atoms. The van der Waals surface area contributed by atoms with Crippen LogP contribution < -0.4 is 4.74 Å². The van der Waals surface area contributed by atoms with Gasteiger partial charge in [-0.2, -0.15) is 0 Å². The minimum absolute atomic E-state index is 0.126. The van der Waals surface area contributed by atoms with E-state index >= 15 is 0 Å². The van der Waals surface area contributed by atoms with Crippen LogP contribution in [0.4, 0.5) is 8.78 Å². The van der Waals surface area contributed by atoms with E-state index in [0.29, 0.717) is 6.07 Å². The summed E-state index contributed by atoms with van der Waals surface area (Å²) in [6.45, 7) is 1.73. The van der Waals surface area contributed by atoms with Crippen LogP contribution >= 0.6 is 0 Å². The SMILES string of the molecule is CCOC(=O)CC(O)C(O)c1cc(F)c(F)cc1OC. The van der Waals surface area contributed by atoms with Crippen LogP contribution in [0.15, 0.2) is 12.1 Å². The molecule has 1 rings (SSSR count). The summed E-state index contributed by atoms with van der Waals surface area (Å²) in [5.41, 5.74) is -0.150. The Bertz CT molecular complexity index is 478. The third-order valence-electron chi connectivity index (χ3n) is 2.64. The Morgan fingerprint density at radius 3 is 2.45 bits per heavy atom. The van der Waals surface area contributed by atoms with Gasteiger partial charge >= 0.3 is 5.97 Å². The lowest BCUT2D eigenvalue weighted by molar-refractivity contribution is -0.147. The lowest BCUT2D eigenvalue weighted by atomic mass is 10.0. The van der Waals surface area contributed by atoms with Gasteiger partial charge in [0.25, 0.3) is 0 Å². The van der Waals surface area contributed by atoms with Gasteiger partial charge in [0.15, 0.2) is 11.6 Å². The predicted molar refractivity (Wildman–Crippen MR) is 65.1 cm³/mol. The third kappa shape index (κ3) is 3.88. The van der Waals surface area contributed by atoms with Crippen molar-refractivity contribution in [2.24, 2.45) is 0 Å². The first-order chi connectivity index (χ1) is 9.40. The third-order valence-corrected chi connectivity index (χ3v) is 2.64. The highest BCUT2D eigenvalue weighted by Crippen LogP contribution is 2.30. The molecule has 0 aromatic heterocycles. The molecule has 2 N–H and O–H groups in total. The summed E-state index contributed by atoms with van der Waals surface area (Å²) >= 11 is 0. The molecule has 0 saturated carbocycles. The molecule has 1 aromatic carbocycles. The van der Waals surface area contributed by atoms with Crippen LogP contribution in [0.1, 0.15) is 25.0 Å². The number of aliphatic hydroxyl groups excluding tert-OH is 2. The van der Waals surface area contributed by atoms with E-state index < -0.39 is 36.2 Å². The van der Waals surface area contributed by atoms with Gasteiger partial charge in [0, 0.05) is 11.6 Å². The van der Waals surface area contributed by atoms with E-state index in [1.165, 1.54) is 7.11 Å². The van der Waals surface area contributed by atoms with Crippen LogP contribution in [0.25, 0.3) is 0 Å². The van der Waals surface area contributed by atoms with Crippen molar-refractivity contribution in [1.82, 2.24) is 0 Å². The first kappa shape index (κ1) is 16.3. The molecule has 0 aliphatic carbocycles. The van der Waals surface area contributed by atoms with E-state index in [0.717, 1.165) is 6.07 Å². The Morgan fingerprint density at radius 2 is 1.90 bits per heavy atom. The number of hydrogen-bond donors (Lipinski definition) is 2. The Hall–Kier alpha value is -1.73. The summed E-state index contributed by atoms with van der Waals surface area (Å²) in [5, 5.41) is 19.6. The zero-order valence-electron chi connectivity index (χ0n) is 11.1. The van der Waals surface area contributed by atoms with Gasteiger partial charge in [0.1, 0.15) is 11.9 Å². The predicted octanol–water partition coefficient (Wildman–Crippen LogP) is 1.32. The van der Waals surface area contributed by atoms with Crippen molar-refractivity contribution in [3.63, 3.8) is 0 Å². The van der Waals surface area contributed by atoms with E-state index in [4.69, 9.17) is 4.74 Å².